The van der Waals surface area contributed by atoms with Crippen LogP contribution in [0.2, 0.25) is 5.15 Å². The van der Waals surface area contributed by atoms with E-state index in [0.717, 1.165) is 10.4 Å². The number of alkyl halides is 2. The van der Waals surface area contributed by atoms with Crippen LogP contribution >= 0.6 is 22.9 Å². The number of rotatable bonds is 5. The van der Waals surface area contributed by atoms with Crippen LogP contribution in [0.3, 0.4) is 0 Å². The number of halogens is 3. The van der Waals surface area contributed by atoms with Crippen molar-refractivity contribution in [3.05, 3.63) is 45.6 Å². The smallest absolute Gasteiger partial charge is 0.387 e. The fraction of sp³-hybridized carbons (Fsp3) is 0.235. The lowest BCUT2D eigenvalue weighted by molar-refractivity contribution is -0.0498. The first-order valence-electron chi connectivity index (χ1n) is 7.79. The van der Waals surface area contributed by atoms with Gasteiger partial charge in [0.15, 0.2) is 5.13 Å². The molecule has 0 fully saturated rings. The summed E-state index contributed by atoms with van der Waals surface area (Å²) in [5.41, 5.74) is 2.18. The van der Waals surface area contributed by atoms with Crippen LogP contribution in [0.15, 0.2) is 24.3 Å². The zero-order valence-electron chi connectivity index (χ0n) is 14.6. The van der Waals surface area contributed by atoms with E-state index >= 15 is 0 Å². The zero-order chi connectivity index (χ0) is 19.7. The van der Waals surface area contributed by atoms with E-state index in [1.165, 1.54) is 28.2 Å². The zero-order valence-corrected chi connectivity index (χ0v) is 16.2. The minimum atomic E-state index is -2.87. The van der Waals surface area contributed by atoms with E-state index in [0.29, 0.717) is 22.1 Å². The molecule has 0 atom stereocenters. The molecule has 0 aliphatic rings. The molecule has 0 unspecified atom stereocenters. The van der Waals surface area contributed by atoms with E-state index in [1.54, 1.807) is 26.1 Å². The fourth-order valence-electron chi connectivity index (χ4n) is 2.56. The van der Waals surface area contributed by atoms with E-state index in [-0.39, 0.29) is 10.9 Å². The number of carbonyl (C=O) groups is 1. The van der Waals surface area contributed by atoms with E-state index in [4.69, 9.17) is 11.6 Å². The fourth-order valence-corrected chi connectivity index (χ4v) is 3.65. The highest BCUT2D eigenvalue weighted by atomic mass is 35.5. The summed E-state index contributed by atoms with van der Waals surface area (Å²) < 4.78 is 30.2. The number of aromatic nitrogens is 3. The van der Waals surface area contributed by atoms with Gasteiger partial charge in [0.1, 0.15) is 10.9 Å². The van der Waals surface area contributed by atoms with Crippen molar-refractivity contribution in [3.8, 4) is 17.0 Å². The van der Waals surface area contributed by atoms with E-state index in [2.05, 4.69) is 20.1 Å². The van der Waals surface area contributed by atoms with Crippen LogP contribution in [-0.2, 0) is 7.05 Å². The Bertz CT molecular complexity index is 986. The van der Waals surface area contributed by atoms with Crippen LogP contribution in [0.4, 0.5) is 13.9 Å². The summed E-state index contributed by atoms with van der Waals surface area (Å²) in [5.74, 6) is -0.330. The molecule has 142 valence electrons. The average molecular weight is 413 g/mol. The minimum absolute atomic E-state index is 0.0665. The Balaban J connectivity index is 1.81. The predicted octanol–water partition coefficient (Wildman–Crippen LogP) is 4.67. The molecule has 0 aliphatic heterocycles. The predicted molar refractivity (Wildman–Crippen MR) is 99.8 cm³/mol. The molecule has 0 bridgehead atoms. The van der Waals surface area contributed by atoms with Crippen LogP contribution in [0.1, 0.15) is 20.9 Å². The summed E-state index contributed by atoms with van der Waals surface area (Å²) >= 11 is 7.42. The summed E-state index contributed by atoms with van der Waals surface area (Å²) in [6.07, 6.45) is 0. The van der Waals surface area contributed by atoms with Crippen LogP contribution < -0.4 is 10.1 Å². The Morgan fingerprint density at radius 2 is 1.96 bits per heavy atom. The van der Waals surface area contributed by atoms with Crippen molar-refractivity contribution >= 4 is 34.0 Å². The number of hydrogen-bond acceptors (Lipinski definition) is 5. The van der Waals surface area contributed by atoms with Gasteiger partial charge < -0.3 is 4.74 Å². The number of aryl methyl sites for hydroxylation is 3. The lowest BCUT2D eigenvalue weighted by Gasteiger charge is -2.05. The second-order valence-electron chi connectivity index (χ2n) is 5.66. The molecular formula is C17H15ClF2N4O2S. The second-order valence-corrected chi connectivity index (χ2v) is 7.22. The number of ether oxygens (including phenoxy) is 1. The lowest BCUT2D eigenvalue weighted by Crippen LogP contribution is -2.13. The molecule has 0 aliphatic carbocycles. The first kappa shape index (κ1) is 19.2. The SMILES string of the molecule is Cc1nn(C)c(Cl)c1C(=O)Nc1nc(-c2ccc(OC(F)F)cc2)c(C)s1. The van der Waals surface area contributed by atoms with E-state index < -0.39 is 12.5 Å². The summed E-state index contributed by atoms with van der Waals surface area (Å²) in [5, 5.41) is 7.49. The van der Waals surface area contributed by atoms with Crippen molar-refractivity contribution in [2.24, 2.45) is 7.05 Å². The molecule has 2 heterocycles. The maximum atomic E-state index is 12.5. The Morgan fingerprint density at radius 1 is 1.30 bits per heavy atom. The molecule has 1 aromatic carbocycles. The molecule has 0 saturated carbocycles. The van der Waals surface area contributed by atoms with Gasteiger partial charge in [-0.15, -0.1) is 11.3 Å². The van der Waals surface area contributed by atoms with Crippen molar-refractivity contribution in [2.45, 2.75) is 20.5 Å². The van der Waals surface area contributed by atoms with Gasteiger partial charge in [-0.3, -0.25) is 14.8 Å². The third kappa shape index (κ3) is 4.09. The molecule has 3 rings (SSSR count). The molecule has 27 heavy (non-hydrogen) atoms. The summed E-state index contributed by atoms with van der Waals surface area (Å²) in [6.45, 7) is 0.679. The highest BCUT2D eigenvalue weighted by Gasteiger charge is 2.21. The third-order valence-electron chi connectivity index (χ3n) is 3.75. The topological polar surface area (TPSA) is 69.0 Å². The molecule has 0 spiro atoms. The number of nitrogens with one attached hydrogen (secondary N) is 1. The van der Waals surface area contributed by atoms with Gasteiger partial charge in [-0.1, -0.05) is 11.6 Å². The molecule has 0 radical (unpaired) electrons. The van der Waals surface area contributed by atoms with E-state index in [1.807, 2.05) is 6.92 Å². The number of thiazole rings is 1. The molecule has 1 amide bonds. The minimum Gasteiger partial charge on any atom is -0.435 e. The van der Waals surface area contributed by atoms with Crippen LogP contribution in [-0.4, -0.2) is 27.3 Å². The van der Waals surface area contributed by atoms with Crippen LogP contribution in [0.25, 0.3) is 11.3 Å². The monoisotopic (exact) mass is 412 g/mol. The maximum Gasteiger partial charge on any atom is 0.387 e. The molecule has 10 heteroatoms. The third-order valence-corrected chi connectivity index (χ3v) is 5.07. The quantitative estimate of drug-likeness (QED) is 0.661. The molecular weight excluding hydrogens is 398 g/mol. The summed E-state index contributed by atoms with van der Waals surface area (Å²) in [6, 6.07) is 6.15. The molecule has 0 saturated heterocycles. The van der Waals surface area contributed by atoms with Gasteiger partial charge >= 0.3 is 6.61 Å². The van der Waals surface area contributed by atoms with Gasteiger partial charge in [0.05, 0.1) is 17.0 Å². The Hall–Kier alpha value is -2.52. The number of amides is 1. The number of hydrogen-bond donors (Lipinski definition) is 1. The molecule has 2 aromatic heterocycles. The van der Waals surface area contributed by atoms with Crippen LogP contribution in [0.5, 0.6) is 5.75 Å². The summed E-state index contributed by atoms with van der Waals surface area (Å²) in [4.78, 5) is 17.8. The second kappa shape index (κ2) is 7.61. The van der Waals surface area contributed by atoms with Gasteiger partial charge in [0, 0.05) is 17.5 Å². The number of anilines is 1. The van der Waals surface area contributed by atoms with E-state index in [9.17, 15) is 13.6 Å². The van der Waals surface area contributed by atoms with Gasteiger partial charge in [0.2, 0.25) is 0 Å². The van der Waals surface area contributed by atoms with Crippen molar-refractivity contribution in [1.29, 1.82) is 0 Å². The number of nitrogens with zero attached hydrogens (tertiary/aromatic N) is 3. The number of benzene rings is 1. The Morgan fingerprint density at radius 3 is 2.52 bits per heavy atom. The molecule has 3 aromatic rings. The highest BCUT2D eigenvalue weighted by Crippen LogP contribution is 2.32. The van der Waals surface area contributed by atoms with Gasteiger partial charge in [-0.2, -0.15) is 13.9 Å². The van der Waals surface area contributed by atoms with Gasteiger partial charge in [-0.25, -0.2) is 4.98 Å². The van der Waals surface area contributed by atoms with Crippen molar-refractivity contribution in [2.75, 3.05) is 5.32 Å². The highest BCUT2D eigenvalue weighted by molar-refractivity contribution is 7.16. The van der Waals surface area contributed by atoms with Crippen molar-refractivity contribution in [3.63, 3.8) is 0 Å². The lowest BCUT2D eigenvalue weighted by atomic mass is 10.1. The Labute approximate surface area is 162 Å². The van der Waals surface area contributed by atoms with Crippen LogP contribution in [0, 0.1) is 13.8 Å². The molecule has 6 nitrogen and oxygen atoms in total. The van der Waals surface area contributed by atoms with Gasteiger partial charge in [-0.05, 0) is 38.1 Å². The average Bonchev–Trinajstić information content (AvgIpc) is 3.06. The standard InChI is InChI=1S/C17H15ClF2N4O2S/c1-8-12(14(18)24(3)23-8)15(25)22-17-21-13(9(2)27-17)10-4-6-11(7-5-10)26-16(19)20/h4-7,16H,1-3H3,(H,21,22,25). The number of carbonyl (C=O) groups excluding carboxylic acids is 1. The molecule has 1 N–H and O–H groups in total. The maximum absolute atomic E-state index is 12.5. The summed E-state index contributed by atoms with van der Waals surface area (Å²) in [7, 11) is 1.65. The first-order chi connectivity index (χ1) is 12.8. The van der Waals surface area contributed by atoms with Gasteiger partial charge in [0.25, 0.3) is 5.91 Å². The largest absolute Gasteiger partial charge is 0.435 e. The Kier molecular flexibility index (Phi) is 5.43. The normalized spacial score (nSPS) is 11.1. The van der Waals surface area contributed by atoms with Crippen molar-refractivity contribution < 1.29 is 18.3 Å². The van der Waals surface area contributed by atoms with Crippen molar-refractivity contribution in [1.82, 2.24) is 14.8 Å². The first-order valence-corrected chi connectivity index (χ1v) is 8.99.